The number of nitrogens with zero attached hydrogens (tertiary/aromatic N) is 2. The van der Waals surface area contributed by atoms with Crippen LogP contribution in [-0.4, -0.2) is 35.4 Å². The number of hydrogen-bond acceptors (Lipinski definition) is 4. The third-order valence-electron chi connectivity index (χ3n) is 4.29. The average molecular weight is 438 g/mol. The van der Waals surface area contributed by atoms with E-state index in [0.29, 0.717) is 43.1 Å². The van der Waals surface area contributed by atoms with Crippen LogP contribution in [0.1, 0.15) is 22.3 Å². The molecule has 10 heteroatoms. The third-order valence-corrected chi connectivity index (χ3v) is 4.29. The molecule has 1 fully saturated rings. The van der Waals surface area contributed by atoms with Crippen LogP contribution in [0.3, 0.4) is 0 Å². The van der Waals surface area contributed by atoms with Crippen molar-refractivity contribution in [3.05, 3.63) is 53.7 Å². The maximum Gasteiger partial charge on any atom is 0.417 e. The Morgan fingerprint density at radius 1 is 1.18 bits per heavy atom. The molecule has 1 atom stereocenters. The number of likely N-dealkylation sites (tertiary alicyclic amines) is 1. The molecule has 0 bridgehead atoms. The molecule has 1 aromatic carbocycles. The van der Waals surface area contributed by atoms with Crippen molar-refractivity contribution < 1.29 is 22.7 Å². The van der Waals surface area contributed by atoms with E-state index in [1.807, 2.05) is 0 Å². The van der Waals surface area contributed by atoms with E-state index in [2.05, 4.69) is 4.98 Å². The van der Waals surface area contributed by atoms with Crippen molar-refractivity contribution in [2.24, 2.45) is 11.7 Å². The molecule has 5 nitrogen and oxygen atoms in total. The van der Waals surface area contributed by atoms with E-state index < -0.39 is 11.7 Å². The number of pyridine rings is 1. The van der Waals surface area contributed by atoms with Gasteiger partial charge in [-0.2, -0.15) is 13.2 Å². The summed E-state index contributed by atoms with van der Waals surface area (Å²) in [5, 5.41) is 0. The topological polar surface area (TPSA) is 68.5 Å². The first-order chi connectivity index (χ1) is 12.4. The second-order valence-electron chi connectivity index (χ2n) is 6.15. The van der Waals surface area contributed by atoms with Gasteiger partial charge in [0.2, 0.25) is 5.88 Å². The molecule has 0 spiro atoms. The monoisotopic (exact) mass is 437 g/mol. The van der Waals surface area contributed by atoms with Crippen LogP contribution in [0, 0.1) is 5.92 Å². The molecule has 1 aromatic heterocycles. The first kappa shape index (κ1) is 24.0. The van der Waals surface area contributed by atoms with E-state index in [4.69, 9.17) is 10.5 Å². The fourth-order valence-corrected chi connectivity index (χ4v) is 2.79. The van der Waals surface area contributed by atoms with Gasteiger partial charge in [0.1, 0.15) is 5.75 Å². The number of benzene rings is 1. The summed E-state index contributed by atoms with van der Waals surface area (Å²) in [5.41, 5.74) is 5.32. The van der Waals surface area contributed by atoms with Gasteiger partial charge < -0.3 is 15.4 Å². The number of halogens is 5. The average Bonchev–Trinajstić information content (AvgIpc) is 3.11. The van der Waals surface area contributed by atoms with Crippen LogP contribution in [0.4, 0.5) is 13.2 Å². The van der Waals surface area contributed by atoms with E-state index in [9.17, 15) is 18.0 Å². The number of carbonyl (C=O) groups is 1. The highest BCUT2D eigenvalue weighted by atomic mass is 35.5. The molecule has 154 valence electrons. The summed E-state index contributed by atoms with van der Waals surface area (Å²) in [6.45, 7) is 1.91. The van der Waals surface area contributed by atoms with Crippen LogP contribution in [0.25, 0.3) is 0 Å². The smallest absolute Gasteiger partial charge is 0.417 e. The summed E-state index contributed by atoms with van der Waals surface area (Å²) in [4.78, 5) is 17.9. The van der Waals surface area contributed by atoms with E-state index in [1.165, 1.54) is 0 Å². The van der Waals surface area contributed by atoms with Crippen molar-refractivity contribution in [2.75, 3.05) is 19.6 Å². The van der Waals surface area contributed by atoms with Gasteiger partial charge in [-0.15, -0.1) is 24.8 Å². The van der Waals surface area contributed by atoms with Crippen molar-refractivity contribution in [1.29, 1.82) is 0 Å². The van der Waals surface area contributed by atoms with Gasteiger partial charge in [-0.05, 0) is 49.2 Å². The summed E-state index contributed by atoms with van der Waals surface area (Å²) in [5.74, 6) is 0.699. The molecule has 1 aliphatic rings. The number of amides is 1. The highest BCUT2D eigenvalue weighted by Gasteiger charge is 2.30. The number of ether oxygens (including phenoxy) is 1. The van der Waals surface area contributed by atoms with Gasteiger partial charge in [0.15, 0.2) is 0 Å². The van der Waals surface area contributed by atoms with Crippen LogP contribution < -0.4 is 10.5 Å². The highest BCUT2D eigenvalue weighted by Crippen LogP contribution is 2.30. The molecule has 1 aliphatic heterocycles. The van der Waals surface area contributed by atoms with Crippen LogP contribution in [-0.2, 0) is 6.18 Å². The molecule has 0 radical (unpaired) electrons. The van der Waals surface area contributed by atoms with E-state index in [1.54, 1.807) is 29.2 Å². The maximum absolute atomic E-state index is 12.5. The second kappa shape index (κ2) is 9.95. The van der Waals surface area contributed by atoms with Gasteiger partial charge in [-0.1, -0.05) is 0 Å². The molecule has 3 rings (SSSR count). The first-order valence-electron chi connectivity index (χ1n) is 8.17. The quantitative estimate of drug-likeness (QED) is 0.779. The standard InChI is InChI=1S/C18H18F3N3O2.2ClH/c19-18(20,21)14-3-6-16(23-10-14)26-15-4-1-13(2-5-15)17(25)24-8-7-12(9-22)11-24;;/h1-6,10,12H,7-9,11,22H2;2*1H. The number of rotatable bonds is 4. The lowest BCUT2D eigenvalue weighted by Crippen LogP contribution is -2.29. The molecule has 2 aromatic rings. The number of alkyl halides is 3. The summed E-state index contributed by atoms with van der Waals surface area (Å²) in [6.07, 6.45) is -2.82. The molecule has 0 aliphatic carbocycles. The molecule has 28 heavy (non-hydrogen) atoms. The summed E-state index contributed by atoms with van der Waals surface area (Å²) in [7, 11) is 0. The molecular weight excluding hydrogens is 418 g/mol. The van der Waals surface area contributed by atoms with Crippen molar-refractivity contribution >= 4 is 30.7 Å². The largest absolute Gasteiger partial charge is 0.439 e. The number of aromatic nitrogens is 1. The van der Waals surface area contributed by atoms with Crippen LogP contribution in [0.5, 0.6) is 11.6 Å². The lowest BCUT2D eigenvalue weighted by atomic mass is 10.1. The Kier molecular flexibility index (Phi) is 8.53. The molecular formula is C18H20Cl2F3N3O2. The van der Waals surface area contributed by atoms with Crippen molar-refractivity contribution in [3.63, 3.8) is 0 Å². The Morgan fingerprint density at radius 2 is 1.86 bits per heavy atom. The highest BCUT2D eigenvalue weighted by molar-refractivity contribution is 5.94. The molecule has 1 unspecified atom stereocenters. The van der Waals surface area contributed by atoms with Gasteiger partial charge in [0.25, 0.3) is 5.91 Å². The number of hydrogen-bond donors (Lipinski definition) is 1. The predicted octanol–water partition coefficient (Wildman–Crippen LogP) is 4.16. The van der Waals surface area contributed by atoms with Crippen molar-refractivity contribution in [2.45, 2.75) is 12.6 Å². The Hall–Kier alpha value is -2.03. The number of nitrogens with two attached hydrogens (primary N) is 1. The Balaban J connectivity index is 0.00000196. The Labute approximate surface area is 172 Å². The van der Waals surface area contributed by atoms with Gasteiger partial charge in [0.05, 0.1) is 5.56 Å². The van der Waals surface area contributed by atoms with Crippen molar-refractivity contribution in [3.8, 4) is 11.6 Å². The minimum absolute atomic E-state index is 0. The lowest BCUT2D eigenvalue weighted by molar-refractivity contribution is -0.137. The molecule has 1 saturated heterocycles. The minimum atomic E-state index is -4.44. The number of carbonyl (C=O) groups excluding carboxylic acids is 1. The Morgan fingerprint density at radius 3 is 2.36 bits per heavy atom. The summed E-state index contributed by atoms with van der Waals surface area (Å²) >= 11 is 0. The van der Waals surface area contributed by atoms with Crippen LogP contribution in [0.15, 0.2) is 42.6 Å². The van der Waals surface area contributed by atoms with Gasteiger partial charge in [0, 0.05) is 30.9 Å². The second-order valence-corrected chi connectivity index (χ2v) is 6.15. The van der Waals surface area contributed by atoms with Gasteiger partial charge in [-0.3, -0.25) is 4.79 Å². The predicted molar refractivity (Wildman–Crippen MR) is 103 cm³/mol. The maximum atomic E-state index is 12.5. The third kappa shape index (κ3) is 5.73. The zero-order chi connectivity index (χ0) is 18.7. The lowest BCUT2D eigenvalue weighted by Gasteiger charge is -2.16. The normalized spacial score (nSPS) is 16.1. The van der Waals surface area contributed by atoms with E-state index in [0.717, 1.165) is 18.6 Å². The first-order valence-corrected chi connectivity index (χ1v) is 8.17. The molecule has 0 saturated carbocycles. The fourth-order valence-electron chi connectivity index (χ4n) is 2.79. The Bertz CT molecular complexity index is 771. The van der Waals surface area contributed by atoms with Gasteiger partial charge >= 0.3 is 6.18 Å². The van der Waals surface area contributed by atoms with Gasteiger partial charge in [-0.25, -0.2) is 4.98 Å². The SMILES string of the molecule is Cl.Cl.NCC1CCN(C(=O)c2ccc(Oc3ccc(C(F)(F)F)cn3)cc2)C1. The van der Waals surface area contributed by atoms with Crippen molar-refractivity contribution in [1.82, 2.24) is 9.88 Å². The summed E-state index contributed by atoms with van der Waals surface area (Å²) in [6, 6.07) is 8.47. The van der Waals surface area contributed by atoms with E-state index in [-0.39, 0.29) is 36.6 Å². The van der Waals surface area contributed by atoms with Crippen LogP contribution in [0.2, 0.25) is 0 Å². The zero-order valence-corrected chi connectivity index (χ0v) is 16.3. The minimum Gasteiger partial charge on any atom is -0.439 e. The zero-order valence-electron chi connectivity index (χ0n) is 14.7. The molecule has 1 amide bonds. The van der Waals surface area contributed by atoms with Crippen LogP contribution >= 0.6 is 24.8 Å². The molecule has 2 N–H and O–H groups in total. The summed E-state index contributed by atoms with van der Waals surface area (Å²) < 4.78 is 43.0. The molecule has 2 heterocycles. The van der Waals surface area contributed by atoms with E-state index >= 15 is 0 Å². The fraction of sp³-hybridized carbons (Fsp3) is 0.333.